The number of aromatic nitrogens is 1. The summed E-state index contributed by atoms with van der Waals surface area (Å²) in [7, 11) is 1.62. The Morgan fingerprint density at radius 3 is 2.73 bits per heavy atom. The van der Waals surface area contributed by atoms with Gasteiger partial charge in [0.25, 0.3) is 0 Å². The minimum Gasteiger partial charge on any atom is -0.380 e. The number of ether oxygens (including phenoxy) is 1. The molecule has 7 heteroatoms. The van der Waals surface area contributed by atoms with Crippen LogP contribution >= 0.6 is 23.2 Å². The molecule has 1 aromatic heterocycles. The first-order chi connectivity index (χ1) is 10.5. The van der Waals surface area contributed by atoms with Gasteiger partial charge in [0.15, 0.2) is 0 Å². The Morgan fingerprint density at radius 1 is 1.32 bits per heavy atom. The van der Waals surface area contributed by atoms with Crippen LogP contribution in [-0.4, -0.2) is 36.7 Å². The fraction of sp³-hybridized carbons (Fsp3) is 0.333. The fourth-order valence-corrected chi connectivity index (χ4v) is 3.21. The van der Waals surface area contributed by atoms with E-state index in [9.17, 15) is 4.79 Å². The maximum atomic E-state index is 11.7. The van der Waals surface area contributed by atoms with E-state index in [1.807, 2.05) is 17.0 Å². The van der Waals surface area contributed by atoms with Gasteiger partial charge in [0.05, 0.1) is 21.7 Å². The van der Waals surface area contributed by atoms with Crippen molar-refractivity contribution in [2.24, 2.45) is 5.73 Å². The zero-order chi connectivity index (χ0) is 15.9. The smallest absolute Gasteiger partial charge is 0.240 e. The number of anilines is 1. The number of fused-ring (bicyclic) bond motifs is 1. The van der Waals surface area contributed by atoms with Crippen LogP contribution in [0.3, 0.4) is 0 Å². The van der Waals surface area contributed by atoms with E-state index in [0.29, 0.717) is 34.3 Å². The Morgan fingerprint density at radius 2 is 2.05 bits per heavy atom. The van der Waals surface area contributed by atoms with Crippen molar-refractivity contribution in [3.8, 4) is 0 Å². The summed E-state index contributed by atoms with van der Waals surface area (Å²) in [5.41, 5.74) is 6.11. The molecule has 0 saturated carbocycles. The molecule has 0 spiro atoms. The third kappa shape index (κ3) is 2.60. The van der Waals surface area contributed by atoms with Crippen LogP contribution in [0, 0.1) is 0 Å². The van der Waals surface area contributed by atoms with E-state index in [0.717, 1.165) is 5.39 Å². The first kappa shape index (κ1) is 15.3. The van der Waals surface area contributed by atoms with E-state index < -0.39 is 11.9 Å². The SMILES string of the molecule is CO[C@H]1C[C@@H](C(N)=O)N(c2ccc3c(Cl)ccc(Cl)c3n2)C1. The molecule has 2 N–H and O–H groups in total. The molecule has 22 heavy (non-hydrogen) atoms. The Hall–Kier alpha value is -1.56. The Balaban J connectivity index is 2.06. The summed E-state index contributed by atoms with van der Waals surface area (Å²) in [6, 6.07) is 6.67. The number of amides is 1. The summed E-state index contributed by atoms with van der Waals surface area (Å²) < 4.78 is 5.35. The topological polar surface area (TPSA) is 68.5 Å². The molecule has 2 atom stereocenters. The number of pyridine rings is 1. The van der Waals surface area contributed by atoms with E-state index in [1.165, 1.54) is 0 Å². The van der Waals surface area contributed by atoms with E-state index >= 15 is 0 Å². The highest BCUT2D eigenvalue weighted by atomic mass is 35.5. The summed E-state index contributed by atoms with van der Waals surface area (Å²) in [6.45, 7) is 0.556. The third-order valence-electron chi connectivity index (χ3n) is 3.96. The van der Waals surface area contributed by atoms with Gasteiger partial charge in [-0.2, -0.15) is 0 Å². The van der Waals surface area contributed by atoms with Crippen molar-refractivity contribution in [3.05, 3.63) is 34.3 Å². The van der Waals surface area contributed by atoms with E-state index in [-0.39, 0.29) is 6.10 Å². The lowest BCUT2D eigenvalue weighted by atomic mass is 10.2. The van der Waals surface area contributed by atoms with Gasteiger partial charge in [-0.25, -0.2) is 4.98 Å². The summed E-state index contributed by atoms with van der Waals surface area (Å²) in [5.74, 6) is 0.249. The first-order valence-electron chi connectivity index (χ1n) is 6.84. The number of carbonyl (C=O) groups is 1. The predicted molar refractivity (Wildman–Crippen MR) is 87.5 cm³/mol. The molecule has 0 unspecified atom stereocenters. The fourth-order valence-electron chi connectivity index (χ4n) is 2.79. The minimum absolute atomic E-state index is 0.0511. The van der Waals surface area contributed by atoms with E-state index in [1.54, 1.807) is 19.2 Å². The molecule has 0 bridgehead atoms. The molecule has 5 nitrogen and oxygen atoms in total. The molecule has 1 aromatic carbocycles. The molecule has 2 aromatic rings. The molecule has 2 heterocycles. The highest BCUT2D eigenvalue weighted by Gasteiger charge is 2.36. The molecule has 3 rings (SSSR count). The van der Waals surface area contributed by atoms with E-state index in [4.69, 9.17) is 33.7 Å². The van der Waals surface area contributed by atoms with Gasteiger partial charge in [-0.05, 0) is 24.3 Å². The van der Waals surface area contributed by atoms with Gasteiger partial charge in [0, 0.05) is 25.5 Å². The number of nitrogens with zero attached hydrogens (tertiary/aromatic N) is 2. The summed E-state index contributed by atoms with van der Waals surface area (Å²) in [4.78, 5) is 18.1. The van der Waals surface area contributed by atoms with Crippen molar-refractivity contribution in [1.82, 2.24) is 4.98 Å². The summed E-state index contributed by atoms with van der Waals surface area (Å²) in [6.07, 6.45) is 0.499. The quantitative estimate of drug-likeness (QED) is 0.933. The van der Waals surface area contributed by atoms with Crippen LogP contribution in [0.15, 0.2) is 24.3 Å². The second kappa shape index (κ2) is 5.91. The van der Waals surface area contributed by atoms with Crippen molar-refractivity contribution in [3.63, 3.8) is 0 Å². The standard InChI is InChI=1S/C15H15Cl2N3O2/c1-22-8-6-12(15(18)21)20(7-8)13-5-2-9-10(16)3-4-11(17)14(9)19-13/h2-5,8,12H,6-7H2,1H3,(H2,18,21)/t8-,12-/m0/s1. The van der Waals surface area contributed by atoms with E-state index in [2.05, 4.69) is 4.98 Å². The van der Waals surface area contributed by atoms with Gasteiger partial charge in [-0.1, -0.05) is 23.2 Å². The molecule has 1 saturated heterocycles. The molecule has 1 amide bonds. The van der Waals surface area contributed by atoms with Crippen LogP contribution in [0.4, 0.5) is 5.82 Å². The first-order valence-corrected chi connectivity index (χ1v) is 7.60. The second-order valence-electron chi connectivity index (χ2n) is 5.26. The normalized spacial score (nSPS) is 21.5. The van der Waals surface area contributed by atoms with Crippen molar-refractivity contribution in [2.45, 2.75) is 18.6 Å². The number of benzene rings is 1. The van der Waals surface area contributed by atoms with Crippen LogP contribution in [0.2, 0.25) is 10.0 Å². The number of nitrogens with two attached hydrogens (primary N) is 1. The summed E-state index contributed by atoms with van der Waals surface area (Å²) in [5, 5.41) is 1.87. The molecular weight excluding hydrogens is 325 g/mol. The van der Waals surface area contributed by atoms with Crippen molar-refractivity contribution in [1.29, 1.82) is 0 Å². The lowest BCUT2D eigenvalue weighted by molar-refractivity contribution is -0.119. The van der Waals surface area contributed by atoms with Gasteiger partial charge >= 0.3 is 0 Å². The van der Waals surface area contributed by atoms with Crippen LogP contribution < -0.4 is 10.6 Å². The highest BCUT2D eigenvalue weighted by Crippen LogP contribution is 2.32. The number of hydrogen-bond donors (Lipinski definition) is 1. The molecule has 1 aliphatic heterocycles. The second-order valence-corrected chi connectivity index (χ2v) is 6.07. The molecule has 116 valence electrons. The Labute approximate surface area is 137 Å². The zero-order valence-corrected chi connectivity index (χ0v) is 13.4. The highest BCUT2D eigenvalue weighted by molar-refractivity contribution is 6.39. The minimum atomic E-state index is -0.437. The zero-order valence-electron chi connectivity index (χ0n) is 11.9. The van der Waals surface area contributed by atoms with Gasteiger partial charge in [-0.3, -0.25) is 4.79 Å². The van der Waals surface area contributed by atoms with Crippen LogP contribution in [0.5, 0.6) is 0 Å². The summed E-state index contributed by atoms with van der Waals surface area (Å²) >= 11 is 12.4. The average molecular weight is 340 g/mol. The number of hydrogen-bond acceptors (Lipinski definition) is 4. The van der Waals surface area contributed by atoms with Gasteiger partial charge < -0.3 is 15.4 Å². The van der Waals surface area contributed by atoms with Crippen molar-refractivity contribution >= 4 is 45.8 Å². The number of rotatable bonds is 3. The van der Waals surface area contributed by atoms with Crippen molar-refractivity contribution < 1.29 is 9.53 Å². The average Bonchev–Trinajstić information content (AvgIpc) is 2.95. The van der Waals surface area contributed by atoms with Gasteiger partial charge in [0.2, 0.25) is 5.91 Å². The van der Waals surface area contributed by atoms with Crippen LogP contribution in [0.25, 0.3) is 10.9 Å². The van der Waals surface area contributed by atoms with Crippen LogP contribution in [-0.2, 0) is 9.53 Å². The molecular formula is C15H15Cl2N3O2. The maximum Gasteiger partial charge on any atom is 0.240 e. The third-order valence-corrected chi connectivity index (χ3v) is 4.59. The van der Waals surface area contributed by atoms with Gasteiger partial charge in [-0.15, -0.1) is 0 Å². The van der Waals surface area contributed by atoms with Crippen molar-refractivity contribution in [2.75, 3.05) is 18.6 Å². The Bertz CT molecular complexity index is 738. The number of methoxy groups -OCH3 is 1. The number of halogens is 2. The monoisotopic (exact) mass is 339 g/mol. The largest absolute Gasteiger partial charge is 0.380 e. The number of primary amides is 1. The Kier molecular flexibility index (Phi) is 4.12. The maximum absolute atomic E-state index is 11.7. The molecule has 1 fully saturated rings. The molecule has 0 aliphatic carbocycles. The lowest BCUT2D eigenvalue weighted by Crippen LogP contribution is -2.40. The van der Waals surface area contributed by atoms with Gasteiger partial charge in [0.1, 0.15) is 11.9 Å². The molecule has 0 radical (unpaired) electrons. The number of carbonyl (C=O) groups excluding carboxylic acids is 1. The van der Waals surface area contributed by atoms with Crippen LogP contribution in [0.1, 0.15) is 6.42 Å². The molecule has 1 aliphatic rings. The predicted octanol–water partition coefficient (Wildman–Crippen LogP) is 2.62. The lowest BCUT2D eigenvalue weighted by Gasteiger charge is -2.23.